The van der Waals surface area contributed by atoms with Crippen LogP contribution in [0.25, 0.3) is 11.1 Å². The summed E-state index contributed by atoms with van der Waals surface area (Å²) in [6.07, 6.45) is 2.32. The number of carbonyl (C=O) groups excluding carboxylic acids is 2. The molecule has 0 radical (unpaired) electrons. The Morgan fingerprint density at radius 2 is 1.90 bits per heavy atom. The van der Waals surface area contributed by atoms with Gasteiger partial charge in [0.05, 0.1) is 5.92 Å². The number of nitrogens with zero attached hydrogens (tertiary/aromatic N) is 2. The van der Waals surface area contributed by atoms with Crippen LogP contribution >= 0.6 is 0 Å². The quantitative estimate of drug-likeness (QED) is 0.681. The number of carbonyl (C=O) groups is 2. The average molecular weight is 392 g/mol. The molecule has 0 aliphatic carbocycles. The van der Waals surface area contributed by atoms with Crippen LogP contribution in [-0.2, 0) is 20.7 Å². The Labute approximate surface area is 172 Å². The summed E-state index contributed by atoms with van der Waals surface area (Å²) in [5, 5.41) is 0. The van der Waals surface area contributed by atoms with Gasteiger partial charge in [-0.3, -0.25) is 9.59 Å². The molecule has 3 rings (SSSR count). The Bertz CT molecular complexity index is 850. The van der Waals surface area contributed by atoms with Gasteiger partial charge in [0.15, 0.2) is 0 Å². The zero-order valence-corrected chi connectivity index (χ0v) is 16.9. The van der Waals surface area contributed by atoms with Crippen LogP contribution in [0.2, 0.25) is 0 Å². The van der Waals surface area contributed by atoms with Crippen molar-refractivity contribution in [3.63, 3.8) is 0 Å². The van der Waals surface area contributed by atoms with Crippen molar-refractivity contribution < 1.29 is 14.3 Å². The third-order valence-electron chi connectivity index (χ3n) is 5.23. The summed E-state index contributed by atoms with van der Waals surface area (Å²) in [4.78, 5) is 29.1. The van der Waals surface area contributed by atoms with Crippen LogP contribution in [0.3, 0.4) is 0 Å². The van der Waals surface area contributed by atoms with Crippen LogP contribution in [0.15, 0.2) is 67.3 Å². The number of hydrogen-bond donors (Lipinski definition) is 0. The van der Waals surface area contributed by atoms with E-state index in [1.165, 1.54) is 7.11 Å². The smallest absolute Gasteiger partial charge is 0.248 e. The van der Waals surface area contributed by atoms with Gasteiger partial charge in [-0.15, -0.1) is 6.58 Å². The van der Waals surface area contributed by atoms with Gasteiger partial charge < -0.3 is 14.5 Å². The topological polar surface area (TPSA) is 49.9 Å². The fourth-order valence-electron chi connectivity index (χ4n) is 3.77. The minimum absolute atomic E-state index is 0.0336. The van der Waals surface area contributed by atoms with Crippen molar-refractivity contribution >= 4 is 11.8 Å². The Morgan fingerprint density at radius 1 is 1.14 bits per heavy atom. The van der Waals surface area contributed by atoms with Gasteiger partial charge in [0.25, 0.3) is 0 Å². The lowest BCUT2D eigenvalue weighted by atomic mass is 9.94. The molecule has 0 aromatic heterocycles. The van der Waals surface area contributed by atoms with Crippen molar-refractivity contribution in [1.82, 2.24) is 9.80 Å². The third-order valence-corrected chi connectivity index (χ3v) is 5.23. The Kier molecular flexibility index (Phi) is 7.19. The van der Waals surface area contributed by atoms with Gasteiger partial charge >= 0.3 is 0 Å². The second-order valence-corrected chi connectivity index (χ2v) is 7.31. The highest BCUT2D eigenvalue weighted by Gasteiger charge is 2.31. The molecular weight excluding hydrogens is 364 g/mol. The maximum atomic E-state index is 13.1. The SMILES string of the molecule is C=CCN1CCN(C(=O)COC)C[C@@H](Cc2cccc(-c3ccccc3)c2)C1=O. The molecule has 152 valence electrons. The molecule has 0 bridgehead atoms. The highest BCUT2D eigenvalue weighted by atomic mass is 16.5. The van der Waals surface area contributed by atoms with Gasteiger partial charge in [-0.1, -0.05) is 60.7 Å². The van der Waals surface area contributed by atoms with Crippen molar-refractivity contribution in [3.8, 4) is 11.1 Å². The van der Waals surface area contributed by atoms with Crippen molar-refractivity contribution in [3.05, 3.63) is 72.8 Å². The maximum Gasteiger partial charge on any atom is 0.248 e. The number of rotatable bonds is 7. The largest absolute Gasteiger partial charge is 0.375 e. The van der Waals surface area contributed by atoms with E-state index in [1.54, 1.807) is 15.9 Å². The summed E-state index contributed by atoms with van der Waals surface area (Å²) in [5.74, 6) is -0.296. The lowest BCUT2D eigenvalue weighted by molar-refractivity contribution is -0.136. The van der Waals surface area contributed by atoms with E-state index in [2.05, 4.69) is 30.8 Å². The molecule has 0 spiro atoms. The van der Waals surface area contributed by atoms with Crippen LogP contribution in [0, 0.1) is 5.92 Å². The van der Waals surface area contributed by atoms with Crippen LogP contribution in [0.4, 0.5) is 0 Å². The highest BCUT2D eigenvalue weighted by molar-refractivity contribution is 5.83. The molecule has 5 heteroatoms. The summed E-state index contributed by atoms with van der Waals surface area (Å²) in [6, 6.07) is 18.5. The fourth-order valence-corrected chi connectivity index (χ4v) is 3.77. The fraction of sp³-hybridized carbons (Fsp3) is 0.333. The third kappa shape index (κ3) is 5.33. The molecule has 2 aromatic carbocycles. The number of benzene rings is 2. The first-order valence-corrected chi connectivity index (χ1v) is 9.93. The summed E-state index contributed by atoms with van der Waals surface area (Å²) >= 11 is 0. The molecule has 1 fully saturated rings. The molecule has 1 aliphatic heterocycles. The second kappa shape index (κ2) is 10.0. The van der Waals surface area contributed by atoms with Crippen molar-refractivity contribution in [2.24, 2.45) is 5.92 Å². The zero-order chi connectivity index (χ0) is 20.6. The van der Waals surface area contributed by atoms with Crippen molar-refractivity contribution in [2.45, 2.75) is 6.42 Å². The lowest BCUT2D eigenvalue weighted by Gasteiger charge is -2.23. The summed E-state index contributed by atoms with van der Waals surface area (Å²) in [5.41, 5.74) is 3.36. The Hall–Kier alpha value is -2.92. The highest BCUT2D eigenvalue weighted by Crippen LogP contribution is 2.23. The molecular formula is C24H28N2O3. The summed E-state index contributed by atoms with van der Waals surface area (Å²) in [6.45, 7) is 5.73. The predicted octanol–water partition coefficient (Wildman–Crippen LogP) is 3.02. The van der Waals surface area contributed by atoms with Gasteiger partial charge in [0.2, 0.25) is 11.8 Å². The van der Waals surface area contributed by atoms with Gasteiger partial charge in [-0.25, -0.2) is 0 Å². The minimum atomic E-state index is -0.288. The molecule has 29 heavy (non-hydrogen) atoms. The van der Waals surface area contributed by atoms with Gasteiger partial charge in [0.1, 0.15) is 6.61 Å². The van der Waals surface area contributed by atoms with E-state index in [0.717, 1.165) is 16.7 Å². The zero-order valence-electron chi connectivity index (χ0n) is 16.9. The van der Waals surface area contributed by atoms with Crippen LogP contribution in [-0.4, -0.2) is 61.5 Å². The standard InChI is InChI=1S/C24H28N2O3/c1-3-12-25-13-14-26(23(27)18-29-2)17-22(24(25)28)16-19-8-7-11-21(15-19)20-9-5-4-6-10-20/h3-11,15,22H,1,12-14,16-18H2,2H3/t22-/m1/s1. The average Bonchev–Trinajstić information content (AvgIpc) is 2.89. The van der Waals surface area contributed by atoms with E-state index in [9.17, 15) is 9.59 Å². The molecule has 2 aromatic rings. The minimum Gasteiger partial charge on any atom is -0.375 e. The number of methoxy groups -OCH3 is 1. The normalized spacial score (nSPS) is 17.1. The van der Waals surface area contributed by atoms with Crippen molar-refractivity contribution in [2.75, 3.05) is 39.9 Å². The molecule has 1 atom stereocenters. The Morgan fingerprint density at radius 3 is 2.62 bits per heavy atom. The second-order valence-electron chi connectivity index (χ2n) is 7.31. The predicted molar refractivity (Wildman–Crippen MR) is 114 cm³/mol. The van der Waals surface area contributed by atoms with Gasteiger partial charge in [-0.05, 0) is 23.1 Å². The summed E-state index contributed by atoms with van der Waals surface area (Å²) < 4.78 is 5.01. The molecule has 1 aliphatic rings. The molecule has 0 unspecified atom stereocenters. The monoisotopic (exact) mass is 392 g/mol. The van der Waals surface area contributed by atoms with E-state index in [0.29, 0.717) is 32.6 Å². The van der Waals surface area contributed by atoms with Gasteiger partial charge in [-0.2, -0.15) is 0 Å². The Balaban J connectivity index is 1.83. The molecule has 1 saturated heterocycles. The first-order valence-electron chi connectivity index (χ1n) is 9.93. The van der Waals surface area contributed by atoms with E-state index in [4.69, 9.17) is 4.74 Å². The lowest BCUT2D eigenvalue weighted by Crippen LogP contribution is -2.39. The first-order chi connectivity index (χ1) is 14.1. The van der Waals surface area contributed by atoms with Crippen molar-refractivity contribution in [1.29, 1.82) is 0 Å². The maximum absolute atomic E-state index is 13.1. The van der Waals surface area contributed by atoms with E-state index in [-0.39, 0.29) is 24.3 Å². The van der Waals surface area contributed by atoms with E-state index >= 15 is 0 Å². The van der Waals surface area contributed by atoms with Crippen LogP contribution in [0.1, 0.15) is 5.56 Å². The number of hydrogen-bond acceptors (Lipinski definition) is 3. The number of amides is 2. The number of ether oxygens (including phenoxy) is 1. The molecule has 5 nitrogen and oxygen atoms in total. The van der Waals surface area contributed by atoms with E-state index in [1.807, 2.05) is 30.3 Å². The molecule has 2 amide bonds. The van der Waals surface area contributed by atoms with E-state index < -0.39 is 0 Å². The first kappa shape index (κ1) is 20.8. The molecule has 1 heterocycles. The van der Waals surface area contributed by atoms with Gasteiger partial charge in [0, 0.05) is 33.3 Å². The van der Waals surface area contributed by atoms with Crippen LogP contribution in [0.5, 0.6) is 0 Å². The molecule has 0 N–H and O–H groups in total. The van der Waals surface area contributed by atoms with Crippen LogP contribution < -0.4 is 0 Å². The molecule has 0 saturated carbocycles. The summed E-state index contributed by atoms with van der Waals surface area (Å²) in [7, 11) is 1.51.